The molecule has 0 N–H and O–H groups in total. The fourth-order valence-electron chi connectivity index (χ4n) is 4.19. The molecule has 2 aliphatic rings. The second-order valence-electron chi connectivity index (χ2n) is 8.56. The van der Waals surface area contributed by atoms with Crippen LogP contribution in [0, 0.1) is 13.8 Å². The summed E-state index contributed by atoms with van der Waals surface area (Å²) in [5.41, 5.74) is 5.51. The second-order valence-corrected chi connectivity index (χ2v) is 8.56. The van der Waals surface area contributed by atoms with Crippen LogP contribution in [-0.4, -0.2) is 65.1 Å². The molecule has 4 rings (SSSR count). The third kappa shape index (κ3) is 4.85. The van der Waals surface area contributed by atoms with E-state index in [0.29, 0.717) is 39.1 Å². The lowest BCUT2D eigenvalue weighted by molar-refractivity contribution is -0.135. The maximum Gasteiger partial charge on any atom is 0.257 e. The Morgan fingerprint density at radius 2 is 1.48 bits per heavy atom. The molecule has 6 nitrogen and oxygen atoms in total. The number of nitrogens with zero attached hydrogens (tertiary/aromatic N) is 4. The maximum atomic E-state index is 13.3. The summed E-state index contributed by atoms with van der Waals surface area (Å²) in [6, 6.07) is 16.6. The van der Waals surface area contributed by atoms with Gasteiger partial charge in [-0.3, -0.25) is 14.5 Å². The van der Waals surface area contributed by atoms with E-state index in [1.54, 1.807) is 11.9 Å². The van der Waals surface area contributed by atoms with E-state index < -0.39 is 0 Å². The van der Waals surface area contributed by atoms with Crippen LogP contribution in [0.5, 0.6) is 0 Å². The van der Waals surface area contributed by atoms with Crippen LogP contribution in [0.3, 0.4) is 0 Å². The van der Waals surface area contributed by atoms with Crippen molar-refractivity contribution in [3.63, 3.8) is 0 Å². The molecule has 0 radical (unpaired) electrons. The lowest BCUT2D eigenvalue weighted by Crippen LogP contribution is -2.50. The molecule has 2 aromatic rings. The Morgan fingerprint density at radius 1 is 0.903 bits per heavy atom. The quantitative estimate of drug-likeness (QED) is 0.767. The fourth-order valence-corrected chi connectivity index (χ4v) is 4.19. The number of carbonyl (C=O) groups excluding carboxylic acids is 2. The van der Waals surface area contributed by atoms with E-state index in [4.69, 9.17) is 5.10 Å². The Labute approximate surface area is 184 Å². The van der Waals surface area contributed by atoms with Crippen LogP contribution >= 0.6 is 0 Å². The molecular weight excluding hydrogens is 388 g/mol. The predicted molar refractivity (Wildman–Crippen MR) is 122 cm³/mol. The topological polar surface area (TPSA) is 56.2 Å². The van der Waals surface area contributed by atoms with Crippen LogP contribution in [0.15, 0.2) is 53.6 Å². The maximum absolute atomic E-state index is 13.3. The zero-order valence-electron chi connectivity index (χ0n) is 18.5. The molecule has 2 aliphatic heterocycles. The molecule has 2 aromatic carbocycles. The Hall–Kier alpha value is -2.99. The second kappa shape index (κ2) is 9.02. The van der Waals surface area contributed by atoms with Crippen molar-refractivity contribution in [2.45, 2.75) is 33.2 Å². The lowest BCUT2D eigenvalue weighted by atomic mass is 9.97. The first-order valence-corrected chi connectivity index (χ1v) is 10.9. The molecule has 0 bridgehead atoms. The van der Waals surface area contributed by atoms with E-state index in [1.165, 1.54) is 11.1 Å². The summed E-state index contributed by atoms with van der Waals surface area (Å²) in [7, 11) is 0. The van der Waals surface area contributed by atoms with Gasteiger partial charge in [0.05, 0.1) is 18.3 Å². The highest BCUT2D eigenvalue weighted by molar-refractivity contribution is 6.03. The normalized spacial score (nSPS) is 19.5. The van der Waals surface area contributed by atoms with Gasteiger partial charge in [-0.1, -0.05) is 59.7 Å². The molecular formula is C25H30N4O2. The Balaban J connectivity index is 1.53. The standard InChI is InChI=1S/C25H30N4O2/c1-18-4-8-21(9-5-18)23-16-24(22-10-6-19(2)7-11-22)29(26-23)25(31)17-27-12-14-28(15-13-27)20(3)30/h4-11,24H,12-17H2,1-3H3/t24-/m1/s1. The first-order chi connectivity index (χ1) is 14.9. The summed E-state index contributed by atoms with van der Waals surface area (Å²) in [4.78, 5) is 28.8. The van der Waals surface area contributed by atoms with Gasteiger partial charge in [0, 0.05) is 39.5 Å². The number of amides is 2. The smallest absolute Gasteiger partial charge is 0.257 e. The third-order valence-electron chi connectivity index (χ3n) is 6.19. The molecule has 6 heteroatoms. The monoisotopic (exact) mass is 418 g/mol. The predicted octanol–water partition coefficient (Wildman–Crippen LogP) is 3.15. The highest BCUT2D eigenvalue weighted by Crippen LogP contribution is 2.33. The molecule has 31 heavy (non-hydrogen) atoms. The van der Waals surface area contributed by atoms with Crippen molar-refractivity contribution in [2.75, 3.05) is 32.7 Å². The van der Waals surface area contributed by atoms with Crippen molar-refractivity contribution < 1.29 is 9.59 Å². The number of rotatable bonds is 4. The van der Waals surface area contributed by atoms with Crippen molar-refractivity contribution in [2.24, 2.45) is 5.10 Å². The molecule has 2 amide bonds. The zero-order valence-corrected chi connectivity index (χ0v) is 18.5. The Morgan fingerprint density at radius 3 is 2.06 bits per heavy atom. The minimum atomic E-state index is -0.0945. The van der Waals surface area contributed by atoms with E-state index >= 15 is 0 Å². The first-order valence-electron chi connectivity index (χ1n) is 10.9. The van der Waals surface area contributed by atoms with E-state index in [1.807, 2.05) is 4.90 Å². The van der Waals surface area contributed by atoms with Crippen LogP contribution in [0.2, 0.25) is 0 Å². The van der Waals surface area contributed by atoms with E-state index in [-0.39, 0.29) is 17.9 Å². The SMILES string of the molecule is CC(=O)N1CCN(CC(=O)N2N=C(c3ccc(C)cc3)C[C@@H]2c2ccc(C)cc2)CC1. The third-order valence-corrected chi connectivity index (χ3v) is 6.19. The molecule has 0 unspecified atom stereocenters. The molecule has 0 saturated carbocycles. The first kappa shape index (κ1) is 21.2. The zero-order chi connectivity index (χ0) is 22.0. The number of hydrogen-bond donors (Lipinski definition) is 0. The van der Waals surface area contributed by atoms with Crippen LogP contribution in [0.25, 0.3) is 0 Å². The van der Waals surface area contributed by atoms with E-state index in [9.17, 15) is 9.59 Å². The number of carbonyl (C=O) groups is 2. The number of aryl methyl sites for hydroxylation is 2. The van der Waals surface area contributed by atoms with Crippen LogP contribution < -0.4 is 0 Å². The van der Waals surface area contributed by atoms with Crippen LogP contribution in [-0.2, 0) is 9.59 Å². The summed E-state index contributed by atoms with van der Waals surface area (Å²) in [5.74, 6) is 0.0984. The minimum Gasteiger partial charge on any atom is -0.340 e. The van der Waals surface area contributed by atoms with Gasteiger partial charge in [0.1, 0.15) is 0 Å². The lowest BCUT2D eigenvalue weighted by Gasteiger charge is -2.34. The van der Waals surface area contributed by atoms with Gasteiger partial charge in [-0.05, 0) is 25.0 Å². The Kier molecular flexibility index (Phi) is 6.18. The summed E-state index contributed by atoms with van der Waals surface area (Å²) in [6.07, 6.45) is 0.704. The van der Waals surface area contributed by atoms with Crippen LogP contribution in [0.1, 0.15) is 41.6 Å². The van der Waals surface area contributed by atoms with Crippen molar-refractivity contribution in [3.8, 4) is 0 Å². The van der Waals surface area contributed by atoms with Gasteiger partial charge < -0.3 is 4.90 Å². The molecule has 2 heterocycles. The van der Waals surface area contributed by atoms with Crippen molar-refractivity contribution in [3.05, 3.63) is 70.8 Å². The summed E-state index contributed by atoms with van der Waals surface area (Å²) in [6.45, 7) is 8.81. The van der Waals surface area contributed by atoms with Gasteiger partial charge >= 0.3 is 0 Å². The van der Waals surface area contributed by atoms with E-state index in [0.717, 1.165) is 16.8 Å². The highest BCUT2D eigenvalue weighted by atomic mass is 16.2. The molecule has 0 aromatic heterocycles. The molecule has 1 saturated heterocycles. The van der Waals surface area contributed by atoms with Crippen molar-refractivity contribution >= 4 is 17.5 Å². The largest absolute Gasteiger partial charge is 0.340 e. The van der Waals surface area contributed by atoms with Gasteiger partial charge in [0.2, 0.25) is 5.91 Å². The minimum absolute atomic E-state index is 0.00367. The highest BCUT2D eigenvalue weighted by Gasteiger charge is 2.34. The molecule has 162 valence electrons. The van der Waals surface area contributed by atoms with Crippen molar-refractivity contribution in [1.82, 2.24) is 14.8 Å². The van der Waals surface area contributed by atoms with E-state index in [2.05, 4.69) is 67.3 Å². The molecule has 0 aliphatic carbocycles. The van der Waals surface area contributed by atoms with Gasteiger partial charge in [0.15, 0.2) is 0 Å². The molecule has 1 fully saturated rings. The van der Waals surface area contributed by atoms with Gasteiger partial charge in [-0.15, -0.1) is 0 Å². The van der Waals surface area contributed by atoms with Gasteiger partial charge in [0.25, 0.3) is 5.91 Å². The number of hydrazone groups is 1. The molecule has 1 atom stereocenters. The van der Waals surface area contributed by atoms with Gasteiger partial charge in [-0.25, -0.2) is 5.01 Å². The summed E-state index contributed by atoms with van der Waals surface area (Å²) < 4.78 is 0. The fraction of sp³-hybridized carbons (Fsp3) is 0.400. The molecule has 0 spiro atoms. The number of benzene rings is 2. The average molecular weight is 419 g/mol. The van der Waals surface area contributed by atoms with Crippen LogP contribution in [0.4, 0.5) is 0 Å². The summed E-state index contributed by atoms with van der Waals surface area (Å²) in [5, 5.41) is 6.46. The Bertz CT molecular complexity index is 974. The number of hydrogen-bond acceptors (Lipinski definition) is 4. The average Bonchev–Trinajstić information content (AvgIpc) is 3.21. The summed E-state index contributed by atoms with van der Waals surface area (Å²) >= 11 is 0. The van der Waals surface area contributed by atoms with Gasteiger partial charge in [-0.2, -0.15) is 5.10 Å². The number of piperazine rings is 1. The van der Waals surface area contributed by atoms with Crippen molar-refractivity contribution in [1.29, 1.82) is 0 Å².